The third kappa shape index (κ3) is 1.74. The molecule has 0 saturated heterocycles. The molecule has 1 nitrogen and oxygen atoms in total. The van der Waals surface area contributed by atoms with Gasteiger partial charge in [-0.25, -0.2) is 0 Å². The van der Waals surface area contributed by atoms with Gasteiger partial charge in [0.25, 0.3) is 0 Å². The summed E-state index contributed by atoms with van der Waals surface area (Å²) in [5.74, 6) is 2.02. The van der Waals surface area contributed by atoms with Gasteiger partial charge in [0.2, 0.25) is 0 Å². The van der Waals surface area contributed by atoms with Crippen molar-refractivity contribution in [2.45, 2.75) is 64.2 Å². The maximum atomic E-state index is 12.0. The van der Waals surface area contributed by atoms with Crippen molar-refractivity contribution in [2.24, 2.45) is 11.8 Å². The molecule has 3 aliphatic carbocycles. The van der Waals surface area contributed by atoms with Crippen molar-refractivity contribution in [3.05, 3.63) is 11.1 Å². The highest BCUT2D eigenvalue weighted by Gasteiger charge is 2.37. The number of hydrogen-bond acceptors (Lipinski definition) is 1. The van der Waals surface area contributed by atoms with E-state index >= 15 is 0 Å². The minimum atomic E-state index is 0.505. The van der Waals surface area contributed by atoms with E-state index in [4.69, 9.17) is 0 Å². The van der Waals surface area contributed by atoms with Gasteiger partial charge in [0.05, 0.1) is 0 Å². The van der Waals surface area contributed by atoms with Crippen LogP contribution >= 0.6 is 0 Å². The molecule has 0 bridgehead atoms. The van der Waals surface area contributed by atoms with Crippen molar-refractivity contribution in [3.63, 3.8) is 0 Å². The largest absolute Gasteiger partial charge is 0.295 e. The molecule has 0 unspecified atom stereocenters. The summed E-state index contributed by atoms with van der Waals surface area (Å²) in [7, 11) is 0. The molecule has 1 heteroatoms. The van der Waals surface area contributed by atoms with Crippen LogP contribution in [-0.2, 0) is 4.79 Å². The van der Waals surface area contributed by atoms with E-state index in [2.05, 4.69) is 0 Å². The zero-order valence-electron chi connectivity index (χ0n) is 10.1. The summed E-state index contributed by atoms with van der Waals surface area (Å²) in [6.07, 6.45) is 12.8. The Bertz CT molecular complexity index is 320. The molecule has 3 aliphatic rings. The molecule has 0 aromatic rings. The standard InChI is InChI=1S/C15H22O/c16-15-10-14(11-6-2-1-3-7-11)12-8-4-5-9-13(12)15/h11,14H,1-10H2/t14-/m0/s1. The monoisotopic (exact) mass is 218 g/mol. The van der Waals surface area contributed by atoms with E-state index in [1.54, 1.807) is 5.57 Å². The first-order valence-electron chi connectivity index (χ1n) is 7.11. The molecule has 16 heavy (non-hydrogen) atoms. The number of allylic oxidation sites excluding steroid dienone is 2. The lowest BCUT2D eigenvalue weighted by Crippen LogP contribution is -2.18. The van der Waals surface area contributed by atoms with Gasteiger partial charge in [-0.3, -0.25) is 4.79 Å². The fourth-order valence-corrected chi connectivity index (χ4v) is 4.09. The Balaban J connectivity index is 1.80. The van der Waals surface area contributed by atoms with Gasteiger partial charge in [0, 0.05) is 6.42 Å². The Labute approximate surface area is 98.3 Å². The van der Waals surface area contributed by atoms with Crippen LogP contribution in [0.4, 0.5) is 0 Å². The van der Waals surface area contributed by atoms with E-state index in [0.717, 1.165) is 18.8 Å². The molecule has 88 valence electrons. The van der Waals surface area contributed by atoms with E-state index in [1.165, 1.54) is 56.9 Å². The molecule has 0 aliphatic heterocycles. The fourth-order valence-electron chi connectivity index (χ4n) is 4.09. The highest BCUT2D eigenvalue weighted by atomic mass is 16.1. The van der Waals surface area contributed by atoms with E-state index in [1.807, 2.05) is 0 Å². The molecule has 0 amide bonds. The topological polar surface area (TPSA) is 17.1 Å². The van der Waals surface area contributed by atoms with Gasteiger partial charge in [-0.2, -0.15) is 0 Å². The predicted octanol–water partition coefficient (Wildman–Crippen LogP) is 4.03. The number of ketones is 1. The van der Waals surface area contributed by atoms with Crippen LogP contribution in [0.15, 0.2) is 11.1 Å². The first-order chi connectivity index (χ1) is 7.86. The SMILES string of the molecule is O=C1C[C@@H](C2CCCCC2)C2=C1CCCC2. The van der Waals surface area contributed by atoms with E-state index in [0.29, 0.717) is 11.7 Å². The minimum absolute atomic E-state index is 0.505. The first-order valence-corrected chi connectivity index (χ1v) is 7.11. The molecule has 0 aromatic carbocycles. The molecule has 0 radical (unpaired) electrons. The Morgan fingerprint density at radius 3 is 2.44 bits per heavy atom. The average Bonchev–Trinajstić information content (AvgIpc) is 2.69. The molecule has 1 saturated carbocycles. The smallest absolute Gasteiger partial charge is 0.159 e. The summed E-state index contributed by atoms with van der Waals surface area (Å²) in [6.45, 7) is 0. The summed E-state index contributed by atoms with van der Waals surface area (Å²) in [4.78, 5) is 12.0. The van der Waals surface area contributed by atoms with Crippen LogP contribution in [0, 0.1) is 11.8 Å². The predicted molar refractivity (Wildman–Crippen MR) is 65.2 cm³/mol. The van der Waals surface area contributed by atoms with Gasteiger partial charge >= 0.3 is 0 Å². The third-order valence-corrected chi connectivity index (χ3v) is 4.92. The molecule has 0 N–H and O–H groups in total. The third-order valence-electron chi connectivity index (χ3n) is 4.92. The van der Waals surface area contributed by atoms with Gasteiger partial charge in [0.15, 0.2) is 5.78 Å². The van der Waals surface area contributed by atoms with Crippen LogP contribution in [0.1, 0.15) is 64.2 Å². The highest BCUT2D eigenvalue weighted by Crippen LogP contribution is 2.46. The first kappa shape index (κ1) is 10.6. The van der Waals surface area contributed by atoms with E-state index in [-0.39, 0.29) is 0 Å². The lowest BCUT2D eigenvalue weighted by Gasteiger charge is -2.30. The Kier molecular flexibility index (Phi) is 2.87. The van der Waals surface area contributed by atoms with Crippen LogP contribution < -0.4 is 0 Å². The van der Waals surface area contributed by atoms with Crippen molar-refractivity contribution in [2.75, 3.05) is 0 Å². The summed E-state index contributed by atoms with van der Waals surface area (Å²) >= 11 is 0. The number of carbonyl (C=O) groups is 1. The molecule has 1 fully saturated rings. The minimum Gasteiger partial charge on any atom is -0.295 e. The highest BCUT2D eigenvalue weighted by molar-refractivity contribution is 5.99. The number of hydrogen-bond donors (Lipinski definition) is 0. The van der Waals surface area contributed by atoms with E-state index in [9.17, 15) is 4.79 Å². The van der Waals surface area contributed by atoms with Crippen LogP contribution in [0.5, 0.6) is 0 Å². The molecule has 0 heterocycles. The molecular formula is C15H22O. The van der Waals surface area contributed by atoms with Crippen molar-refractivity contribution in [3.8, 4) is 0 Å². The summed E-state index contributed by atoms with van der Waals surface area (Å²) in [6, 6.07) is 0. The van der Waals surface area contributed by atoms with Gasteiger partial charge in [-0.05, 0) is 55.9 Å². The summed E-state index contributed by atoms with van der Waals surface area (Å²) in [5, 5.41) is 0. The van der Waals surface area contributed by atoms with Crippen molar-refractivity contribution in [1.29, 1.82) is 0 Å². The second kappa shape index (κ2) is 4.35. The molecule has 0 spiro atoms. The molecule has 0 aromatic heterocycles. The zero-order valence-corrected chi connectivity index (χ0v) is 10.1. The van der Waals surface area contributed by atoms with Crippen molar-refractivity contribution < 1.29 is 4.79 Å². The van der Waals surface area contributed by atoms with Gasteiger partial charge in [-0.1, -0.05) is 24.8 Å². The van der Waals surface area contributed by atoms with Crippen LogP contribution in [0.2, 0.25) is 0 Å². The second-order valence-electron chi connectivity index (χ2n) is 5.84. The van der Waals surface area contributed by atoms with Crippen LogP contribution in [0.3, 0.4) is 0 Å². The molecule has 1 atom stereocenters. The number of rotatable bonds is 1. The van der Waals surface area contributed by atoms with Gasteiger partial charge in [0.1, 0.15) is 0 Å². The van der Waals surface area contributed by atoms with Gasteiger partial charge in [-0.15, -0.1) is 0 Å². The zero-order chi connectivity index (χ0) is 11.0. The summed E-state index contributed by atoms with van der Waals surface area (Å²) in [5.41, 5.74) is 2.87. The average molecular weight is 218 g/mol. The van der Waals surface area contributed by atoms with Crippen LogP contribution in [-0.4, -0.2) is 5.78 Å². The van der Waals surface area contributed by atoms with E-state index < -0.39 is 0 Å². The number of Topliss-reactive ketones (excluding diaryl/α,β-unsaturated/α-hetero) is 1. The maximum absolute atomic E-state index is 12.0. The molecule has 3 rings (SSSR count). The normalized spacial score (nSPS) is 32.0. The van der Waals surface area contributed by atoms with Crippen LogP contribution in [0.25, 0.3) is 0 Å². The number of carbonyl (C=O) groups excluding carboxylic acids is 1. The lowest BCUT2D eigenvalue weighted by atomic mass is 9.75. The lowest BCUT2D eigenvalue weighted by molar-refractivity contribution is -0.115. The second-order valence-corrected chi connectivity index (χ2v) is 5.84. The maximum Gasteiger partial charge on any atom is 0.159 e. The fraction of sp³-hybridized carbons (Fsp3) is 0.800. The Hall–Kier alpha value is -0.590. The quantitative estimate of drug-likeness (QED) is 0.649. The Morgan fingerprint density at radius 2 is 1.62 bits per heavy atom. The molecular weight excluding hydrogens is 196 g/mol. The van der Waals surface area contributed by atoms with Gasteiger partial charge < -0.3 is 0 Å². The Morgan fingerprint density at radius 1 is 0.875 bits per heavy atom. The van der Waals surface area contributed by atoms with Crippen molar-refractivity contribution in [1.82, 2.24) is 0 Å². The summed E-state index contributed by atoms with van der Waals surface area (Å²) < 4.78 is 0. The van der Waals surface area contributed by atoms with Crippen molar-refractivity contribution >= 4 is 5.78 Å².